The SMILES string of the molecule is Cc1cccnc1CN1CCC(Cl)C1. The zero-order valence-corrected chi connectivity index (χ0v) is 9.17. The third-order valence-corrected chi connectivity index (χ3v) is 3.06. The maximum Gasteiger partial charge on any atom is 0.0573 e. The molecule has 1 aromatic heterocycles. The highest BCUT2D eigenvalue weighted by molar-refractivity contribution is 6.20. The van der Waals surface area contributed by atoms with Crippen molar-refractivity contribution in [1.29, 1.82) is 0 Å². The molecule has 0 N–H and O–H groups in total. The quantitative estimate of drug-likeness (QED) is 0.696. The molecule has 2 nitrogen and oxygen atoms in total. The number of aryl methyl sites for hydroxylation is 1. The van der Waals surface area contributed by atoms with E-state index in [2.05, 4.69) is 22.9 Å². The fraction of sp³-hybridized carbons (Fsp3) is 0.545. The van der Waals surface area contributed by atoms with Crippen LogP contribution in [0.3, 0.4) is 0 Å². The summed E-state index contributed by atoms with van der Waals surface area (Å²) in [4.78, 5) is 6.75. The fourth-order valence-corrected chi connectivity index (χ4v) is 2.12. The molecule has 1 unspecified atom stereocenters. The van der Waals surface area contributed by atoms with Crippen LogP contribution in [0.2, 0.25) is 0 Å². The fourth-order valence-electron chi connectivity index (χ4n) is 1.82. The second-order valence-corrected chi connectivity index (χ2v) is 4.51. The van der Waals surface area contributed by atoms with E-state index in [1.165, 1.54) is 11.3 Å². The van der Waals surface area contributed by atoms with Gasteiger partial charge >= 0.3 is 0 Å². The summed E-state index contributed by atoms with van der Waals surface area (Å²) >= 11 is 6.05. The largest absolute Gasteiger partial charge is 0.296 e. The summed E-state index contributed by atoms with van der Waals surface area (Å²) in [6.07, 6.45) is 2.96. The Morgan fingerprint density at radius 2 is 2.50 bits per heavy atom. The normalized spacial score (nSPS) is 22.9. The molecule has 0 aliphatic carbocycles. The van der Waals surface area contributed by atoms with Crippen LogP contribution in [0, 0.1) is 6.92 Å². The Hall–Kier alpha value is -0.600. The molecule has 1 aliphatic heterocycles. The predicted octanol–water partition coefficient (Wildman–Crippen LogP) is 2.20. The van der Waals surface area contributed by atoms with Crippen LogP contribution in [0.25, 0.3) is 0 Å². The molecule has 0 aromatic carbocycles. The lowest BCUT2D eigenvalue weighted by molar-refractivity contribution is 0.327. The molecule has 0 saturated carbocycles. The van der Waals surface area contributed by atoms with E-state index in [9.17, 15) is 0 Å². The van der Waals surface area contributed by atoms with Crippen molar-refractivity contribution in [2.24, 2.45) is 0 Å². The average Bonchev–Trinajstić information content (AvgIpc) is 2.56. The van der Waals surface area contributed by atoms with Crippen molar-refractivity contribution in [2.75, 3.05) is 13.1 Å². The Bertz CT molecular complexity index is 314. The van der Waals surface area contributed by atoms with Crippen molar-refractivity contribution < 1.29 is 0 Å². The van der Waals surface area contributed by atoms with Gasteiger partial charge in [-0.3, -0.25) is 9.88 Å². The average molecular weight is 211 g/mol. The minimum absolute atomic E-state index is 0.332. The van der Waals surface area contributed by atoms with Gasteiger partial charge in [0, 0.05) is 31.2 Å². The Balaban J connectivity index is 2.01. The number of hydrogen-bond donors (Lipinski definition) is 0. The second-order valence-electron chi connectivity index (χ2n) is 3.89. The monoisotopic (exact) mass is 210 g/mol. The lowest BCUT2D eigenvalue weighted by Crippen LogP contribution is -2.21. The van der Waals surface area contributed by atoms with Crippen LogP contribution in [0.4, 0.5) is 0 Å². The van der Waals surface area contributed by atoms with Gasteiger partial charge in [0.1, 0.15) is 0 Å². The van der Waals surface area contributed by atoms with Gasteiger partial charge in [0.05, 0.1) is 5.69 Å². The zero-order valence-electron chi connectivity index (χ0n) is 8.41. The maximum atomic E-state index is 6.05. The van der Waals surface area contributed by atoms with Gasteiger partial charge in [-0.2, -0.15) is 0 Å². The van der Waals surface area contributed by atoms with Gasteiger partial charge in [-0.15, -0.1) is 11.6 Å². The minimum atomic E-state index is 0.332. The molecule has 3 heteroatoms. The van der Waals surface area contributed by atoms with Crippen LogP contribution in [0.5, 0.6) is 0 Å². The van der Waals surface area contributed by atoms with E-state index in [-0.39, 0.29) is 0 Å². The van der Waals surface area contributed by atoms with Crippen LogP contribution in [0.1, 0.15) is 17.7 Å². The summed E-state index contributed by atoms with van der Waals surface area (Å²) < 4.78 is 0. The molecule has 2 rings (SSSR count). The number of nitrogens with zero attached hydrogens (tertiary/aromatic N) is 2. The number of rotatable bonds is 2. The number of aromatic nitrogens is 1. The molecule has 0 bridgehead atoms. The first-order valence-corrected chi connectivity index (χ1v) is 5.46. The van der Waals surface area contributed by atoms with E-state index >= 15 is 0 Å². The van der Waals surface area contributed by atoms with Crippen molar-refractivity contribution in [1.82, 2.24) is 9.88 Å². The Morgan fingerprint density at radius 3 is 3.14 bits per heavy atom. The van der Waals surface area contributed by atoms with Crippen LogP contribution < -0.4 is 0 Å². The van der Waals surface area contributed by atoms with E-state index in [0.717, 1.165) is 26.1 Å². The molecule has 1 aromatic rings. The highest BCUT2D eigenvalue weighted by atomic mass is 35.5. The smallest absolute Gasteiger partial charge is 0.0573 e. The van der Waals surface area contributed by atoms with Gasteiger partial charge in [-0.25, -0.2) is 0 Å². The Kier molecular flexibility index (Phi) is 3.04. The molecule has 0 radical (unpaired) electrons. The van der Waals surface area contributed by atoms with Gasteiger partial charge in [0.25, 0.3) is 0 Å². The molecule has 0 amide bonds. The number of hydrogen-bond acceptors (Lipinski definition) is 2. The zero-order chi connectivity index (χ0) is 9.97. The number of halogens is 1. The molecule has 1 aliphatic rings. The summed E-state index contributed by atoms with van der Waals surface area (Å²) in [7, 11) is 0. The minimum Gasteiger partial charge on any atom is -0.296 e. The lowest BCUT2D eigenvalue weighted by Gasteiger charge is -2.15. The summed E-state index contributed by atoms with van der Waals surface area (Å²) in [5, 5.41) is 0.332. The van der Waals surface area contributed by atoms with E-state index in [0.29, 0.717) is 5.38 Å². The van der Waals surface area contributed by atoms with E-state index < -0.39 is 0 Å². The topological polar surface area (TPSA) is 16.1 Å². The van der Waals surface area contributed by atoms with Gasteiger partial charge in [0.15, 0.2) is 0 Å². The molecule has 0 spiro atoms. The first kappa shape index (κ1) is 9.94. The molecular formula is C11H15ClN2. The molecule has 76 valence electrons. The standard InChI is InChI=1S/C11H15ClN2/c1-9-3-2-5-13-11(9)8-14-6-4-10(12)7-14/h2-3,5,10H,4,6-8H2,1H3. The molecular weight excluding hydrogens is 196 g/mol. The number of pyridine rings is 1. The van der Waals surface area contributed by atoms with Crippen molar-refractivity contribution in [3.8, 4) is 0 Å². The highest BCUT2D eigenvalue weighted by Crippen LogP contribution is 2.17. The third kappa shape index (κ3) is 2.25. The first-order chi connectivity index (χ1) is 6.75. The number of alkyl halides is 1. The van der Waals surface area contributed by atoms with Crippen molar-refractivity contribution >= 4 is 11.6 Å². The summed E-state index contributed by atoms with van der Waals surface area (Å²) in [6, 6.07) is 4.09. The highest BCUT2D eigenvalue weighted by Gasteiger charge is 2.20. The second kappa shape index (κ2) is 4.28. The van der Waals surface area contributed by atoms with Gasteiger partial charge in [-0.05, 0) is 25.0 Å². The first-order valence-electron chi connectivity index (χ1n) is 5.02. The molecule has 1 atom stereocenters. The van der Waals surface area contributed by atoms with E-state index in [1.54, 1.807) is 0 Å². The van der Waals surface area contributed by atoms with Crippen LogP contribution in [-0.2, 0) is 6.54 Å². The Morgan fingerprint density at radius 1 is 1.64 bits per heavy atom. The van der Waals surface area contributed by atoms with Gasteiger partial charge in [0.2, 0.25) is 0 Å². The van der Waals surface area contributed by atoms with Crippen LogP contribution in [0.15, 0.2) is 18.3 Å². The molecule has 1 fully saturated rings. The summed E-state index contributed by atoms with van der Waals surface area (Å²) in [5.41, 5.74) is 2.45. The molecule has 14 heavy (non-hydrogen) atoms. The number of likely N-dealkylation sites (tertiary alicyclic amines) is 1. The van der Waals surface area contributed by atoms with Gasteiger partial charge in [-0.1, -0.05) is 6.07 Å². The van der Waals surface area contributed by atoms with Crippen molar-refractivity contribution in [3.05, 3.63) is 29.6 Å². The van der Waals surface area contributed by atoms with Gasteiger partial charge < -0.3 is 0 Å². The molecule has 1 saturated heterocycles. The molecule has 2 heterocycles. The van der Waals surface area contributed by atoms with Crippen LogP contribution in [-0.4, -0.2) is 28.4 Å². The van der Waals surface area contributed by atoms with Crippen LogP contribution >= 0.6 is 11.6 Å². The van der Waals surface area contributed by atoms with E-state index in [1.807, 2.05) is 12.3 Å². The summed E-state index contributed by atoms with van der Waals surface area (Å²) in [5.74, 6) is 0. The Labute approximate surface area is 89.9 Å². The maximum absolute atomic E-state index is 6.05. The summed E-state index contributed by atoms with van der Waals surface area (Å²) in [6.45, 7) is 5.15. The lowest BCUT2D eigenvalue weighted by atomic mass is 10.2. The van der Waals surface area contributed by atoms with Crippen molar-refractivity contribution in [2.45, 2.75) is 25.3 Å². The van der Waals surface area contributed by atoms with E-state index in [4.69, 9.17) is 11.6 Å². The van der Waals surface area contributed by atoms with Crippen molar-refractivity contribution in [3.63, 3.8) is 0 Å². The third-order valence-electron chi connectivity index (χ3n) is 2.71. The predicted molar refractivity (Wildman–Crippen MR) is 58.5 cm³/mol.